The summed E-state index contributed by atoms with van der Waals surface area (Å²) in [6, 6.07) is 11.4. The third-order valence-electron chi connectivity index (χ3n) is 3.83. The van der Waals surface area contributed by atoms with Crippen LogP contribution in [0.1, 0.15) is 30.6 Å². The van der Waals surface area contributed by atoms with Crippen LogP contribution >= 0.6 is 15.9 Å². The first kappa shape index (κ1) is 22.1. The minimum atomic E-state index is -4.04. The van der Waals surface area contributed by atoms with Crippen LogP contribution in [0.2, 0.25) is 0 Å². The number of hydrogen-bond donors (Lipinski definition) is 3. The van der Waals surface area contributed by atoms with Crippen LogP contribution in [0.5, 0.6) is 0 Å². The number of carbonyl (C=O) groups is 2. The molecule has 150 valence electrons. The van der Waals surface area contributed by atoms with E-state index < -0.39 is 22.0 Å². The van der Waals surface area contributed by atoms with Crippen molar-refractivity contribution in [2.24, 2.45) is 11.7 Å². The monoisotopic (exact) mass is 467 g/mol. The normalized spacial score (nSPS) is 12.5. The second kappa shape index (κ2) is 9.31. The van der Waals surface area contributed by atoms with Gasteiger partial charge in [-0.1, -0.05) is 29.8 Å². The van der Waals surface area contributed by atoms with Gasteiger partial charge in [0.25, 0.3) is 21.8 Å². The van der Waals surface area contributed by atoms with Gasteiger partial charge in [-0.15, -0.1) is 0 Å². The summed E-state index contributed by atoms with van der Waals surface area (Å²) < 4.78 is 27.5. The smallest absolute Gasteiger partial charge is 0.264 e. The molecule has 0 unspecified atom stereocenters. The zero-order chi connectivity index (χ0) is 20.9. The van der Waals surface area contributed by atoms with E-state index >= 15 is 0 Å². The van der Waals surface area contributed by atoms with Crippen molar-refractivity contribution in [1.29, 1.82) is 0 Å². The molecule has 2 amide bonds. The lowest BCUT2D eigenvalue weighted by molar-refractivity contribution is -0.120. The van der Waals surface area contributed by atoms with E-state index in [1.165, 1.54) is 24.3 Å². The number of benzene rings is 2. The molecule has 0 spiro atoms. The van der Waals surface area contributed by atoms with Gasteiger partial charge in [0.05, 0.1) is 10.9 Å². The molecule has 2 aromatic carbocycles. The number of rotatable bonds is 7. The predicted octanol–water partition coefficient (Wildman–Crippen LogP) is 2.88. The first-order chi connectivity index (χ1) is 13.1. The number of nitrogens with two attached hydrogens (primary N) is 1. The van der Waals surface area contributed by atoms with E-state index in [1.807, 2.05) is 18.6 Å². The molecule has 0 saturated carbocycles. The molecular formula is C19H22BrN3O4S. The van der Waals surface area contributed by atoms with Crippen LogP contribution in [0.3, 0.4) is 0 Å². The Hall–Kier alpha value is -2.23. The fourth-order valence-corrected chi connectivity index (χ4v) is 3.70. The highest BCUT2D eigenvalue weighted by atomic mass is 79.9. The Labute approximate surface area is 172 Å². The molecule has 1 atom stereocenters. The van der Waals surface area contributed by atoms with E-state index in [1.54, 1.807) is 24.3 Å². The van der Waals surface area contributed by atoms with Crippen LogP contribution in [0, 0.1) is 5.92 Å². The Morgan fingerprint density at radius 2 is 1.61 bits per heavy atom. The predicted molar refractivity (Wildman–Crippen MR) is 111 cm³/mol. The number of hydrogen-bond acceptors (Lipinski definition) is 5. The summed E-state index contributed by atoms with van der Waals surface area (Å²) in [5.74, 6) is -0.908. The van der Waals surface area contributed by atoms with Crippen molar-refractivity contribution in [3.63, 3.8) is 0 Å². The van der Waals surface area contributed by atoms with Gasteiger partial charge in [-0.25, -0.2) is 13.1 Å². The topological polar surface area (TPSA) is 118 Å². The summed E-state index contributed by atoms with van der Waals surface area (Å²) in [4.78, 5) is 24.1. The molecule has 7 nitrogen and oxygen atoms in total. The molecule has 0 aromatic heterocycles. The van der Waals surface area contributed by atoms with E-state index in [0.717, 1.165) is 4.47 Å². The Balaban J connectivity index is 2.05. The molecule has 0 bridgehead atoms. The highest BCUT2D eigenvalue weighted by Crippen LogP contribution is 2.16. The van der Waals surface area contributed by atoms with Crippen molar-refractivity contribution >= 4 is 43.5 Å². The van der Waals surface area contributed by atoms with Crippen molar-refractivity contribution in [1.82, 2.24) is 4.72 Å². The van der Waals surface area contributed by atoms with Crippen LogP contribution in [-0.4, -0.2) is 26.3 Å². The second-order valence-corrected chi connectivity index (χ2v) is 9.29. The minimum absolute atomic E-state index is 0.0979. The third-order valence-corrected chi connectivity index (χ3v) is 5.72. The maximum atomic E-state index is 12.3. The summed E-state index contributed by atoms with van der Waals surface area (Å²) in [7, 11) is -4.04. The van der Waals surface area contributed by atoms with Crippen LogP contribution in [0.15, 0.2) is 57.9 Å². The van der Waals surface area contributed by atoms with E-state index in [4.69, 9.17) is 5.73 Å². The van der Waals surface area contributed by atoms with Crippen molar-refractivity contribution in [2.75, 3.05) is 5.32 Å². The second-order valence-electron chi connectivity index (χ2n) is 6.69. The summed E-state index contributed by atoms with van der Waals surface area (Å²) in [5.41, 5.74) is 6.61. The van der Waals surface area contributed by atoms with E-state index in [0.29, 0.717) is 17.7 Å². The van der Waals surface area contributed by atoms with E-state index in [-0.39, 0.29) is 16.7 Å². The van der Waals surface area contributed by atoms with Crippen LogP contribution < -0.4 is 15.8 Å². The van der Waals surface area contributed by atoms with Gasteiger partial charge in [-0.05, 0) is 60.9 Å². The number of carbonyl (C=O) groups excluding carboxylic acids is 2. The molecule has 0 heterocycles. The molecule has 0 aliphatic rings. The molecule has 0 saturated heterocycles. The average Bonchev–Trinajstić information content (AvgIpc) is 2.61. The summed E-state index contributed by atoms with van der Waals surface area (Å²) in [6.07, 6.45) is 0.377. The first-order valence-corrected chi connectivity index (χ1v) is 10.9. The first-order valence-electron chi connectivity index (χ1n) is 8.57. The quantitative estimate of drug-likeness (QED) is 0.578. The summed E-state index contributed by atoms with van der Waals surface area (Å²) >= 11 is 3.30. The highest BCUT2D eigenvalue weighted by molar-refractivity contribution is 9.10. The van der Waals surface area contributed by atoms with Gasteiger partial charge in [0.1, 0.15) is 0 Å². The van der Waals surface area contributed by atoms with E-state index in [9.17, 15) is 18.0 Å². The van der Waals surface area contributed by atoms with Gasteiger partial charge in [0.15, 0.2) is 0 Å². The van der Waals surface area contributed by atoms with Crippen LogP contribution in [0.4, 0.5) is 5.69 Å². The van der Waals surface area contributed by atoms with Gasteiger partial charge >= 0.3 is 0 Å². The molecule has 4 N–H and O–H groups in total. The molecule has 9 heteroatoms. The van der Waals surface area contributed by atoms with Crippen molar-refractivity contribution in [3.8, 4) is 0 Å². The zero-order valence-corrected chi connectivity index (χ0v) is 17.9. The zero-order valence-electron chi connectivity index (χ0n) is 15.5. The molecule has 0 aliphatic heterocycles. The molecule has 0 radical (unpaired) electrons. The maximum Gasteiger partial charge on any atom is 0.264 e. The number of halogens is 1. The fraction of sp³-hybridized carbons (Fsp3) is 0.263. The van der Waals surface area contributed by atoms with Crippen molar-refractivity contribution in [3.05, 3.63) is 58.6 Å². The SMILES string of the molecule is CC(C)C[C@H](N)C(=O)NS(=O)(=O)c1ccc(NC(=O)c2ccc(Br)cc2)cc1. The van der Waals surface area contributed by atoms with E-state index in [2.05, 4.69) is 21.2 Å². The maximum absolute atomic E-state index is 12.3. The molecule has 28 heavy (non-hydrogen) atoms. The van der Waals surface area contributed by atoms with Gasteiger partial charge in [0.2, 0.25) is 0 Å². The Morgan fingerprint density at radius 1 is 1.04 bits per heavy atom. The number of anilines is 1. The van der Waals surface area contributed by atoms with Gasteiger partial charge in [0, 0.05) is 15.7 Å². The number of sulfonamides is 1. The Kier molecular flexibility index (Phi) is 7.34. The highest BCUT2D eigenvalue weighted by Gasteiger charge is 2.22. The lowest BCUT2D eigenvalue weighted by Crippen LogP contribution is -2.43. The standard InChI is InChI=1S/C19H22BrN3O4S/c1-12(2)11-17(21)19(25)23-28(26,27)16-9-7-15(8-10-16)22-18(24)13-3-5-14(20)6-4-13/h3-10,12,17H,11,21H2,1-2H3,(H,22,24)(H,23,25)/t17-/m0/s1. The van der Waals surface area contributed by atoms with Crippen molar-refractivity contribution < 1.29 is 18.0 Å². The fourth-order valence-electron chi connectivity index (χ4n) is 2.40. The molecule has 2 aromatic rings. The van der Waals surface area contributed by atoms with Gasteiger partial charge in [-0.3, -0.25) is 9.59 Å². The number of amides is 2. The molecule has 2 rings (SSSR count). The summed E-state index contributed by atoms with van der Waals surface area (Å²) in [6.45, 7) is 3.78. The summed E-state index contributed by atoms with van der Waals surface area (Å²) in [5, 5.41) is 2.68. The largest absolute Gasteiger partial charge is 0.322 e. The lowest BCUT2D eigenvalue weighted by Gasteiger charge is -2.14. The van der Waals surface area contributed by atoms with Gasteiger partial charge in [-0.2, -0.15) is 0 Å². The molecular weight excluding hydrogens is 446 g/mol. The molecule has 0 fully saturated rings. The average molecular weight is 468 g/mol. The third kappa shape index (κ3) is 6.15. The molecule has 0 aliphatic carbocycles. The minimum Gasteiger partial charge on any atom is -0.322 e. The lowest BCUT2D eigenvalue weighted by atomic mass is 10.0. The Bertz CT molecular complexity index is 942. The number of nitrogens with one attached hydrogen (secondary N) is 2. The van der Waals surface area contributed by atoms with Crippen LogP contribution in [-0.2, 0) is 14.8 Å². The Morgan fingerprint density at radius 3 is 2.14 bits per heavy atom. The van der Waals surface area contributed by atoms with Gasteiger partial charge < -0.3 is 11.1 Å². The van der Waals surface area contributed by atoms with Crippen LogP contribution in [0.25, 0.3) is 0 Å². The van der Waals surface area contributed by atoms with Crippen molar-refractivity contribution in [2.45, 2.75) is 31.2 Å².